The highest BCUT2D eigenvalue weighted by Gasteiger charge is 2.10. The fraction of sp³-hybridized carbons (Fsp3) is 0.417. The van der Waals surface area contributed by atoms with Crippen molar-refractivity contribution >= 4 is 17.3 Å². The van der Waals surface area contributed by atoms with Gasteiger partial charge in [0, 0.05) is 29.6 Å². The number of nitrogens with two attached hydrogens (primary N) is 2. The predicted molar refractivity (Wildman–Crippen MR) is 68.7 cm³/mol. The van der Waals surface area contributed by atoms with E-state index < -0.39 is 0 Å². The maximum atomic E-state index is 11.8. The maximum Gasteiger partial charge on any atom is 0.251 e. The summed E-state index contributed by atoms with van der Waals surface area (Å²) >= 11 is 0. The standard InChI is InChI=1S/C12H19N3O2/c1-3-17-7-8(2)15-12(16)9-4-10(13)6-11(14)5-9/h4-6,8H,3,7,13-14H2,1-2H3,(H,15,16). The first-order valence-electron chi connectivity index (χ1n) is 5.57. The summed E-state index contributed by atoms with van der Waals surface area (Å²) in [6.07, 6.45) is 0. The molecule has 0 aromatic heterocycles. The lowest BCUT2D eigenvalue weighted by Crippen LogP contribution is -2.35. The van der Waals surface area contributed by atoms with Crippen LogP contribution in [0.15, 0.2) is 18.2 Å². The van der Waals surface area contributed by atoms with Gasteiger partial charge in [-0.25, -0.2) is 0 Å². The van der Waals surface area contributed by atoms with Gasteiger partial charge in [0.2, 0.25) is 0 Å². The molecule has 1 atom stereocenters. The minimum absolute atomic E-state index is 0.0508. The lowest BCUT2D eigenvalue weighted by atomic mass is 10.1. The molecule has 0 fully saturated rings. The Morgan fingerprint density at radius 1 is 1.35 bits per heavy atom. The maximum absolute atomic E-state index is 11.8. The molecule has 0 aliphatic heterocycles. The number of amides is 1. The van der Waals surface area contributed by atoms with Gasteiger partial charge in [-0.1, -0.05) is 0 Å². The SMILES string of the molecule is CCOCC(C)NC(=O)c1cc(N)cc(N)c1. The molecule has 1 unspecified atom stereocenters. The summed E-state index contributed by atoms with van der Waals surface area (Å²) in [5.74, 6) is -0.198. The van der Waals surface area contributed by atoms with Gasteiger partial charge in [-0.05, 0) is 32.0 Å². The fourth-order valence-corrected chi connectivity index (χ4v) is 1.45. The highest BCUT2D eigenvalue weighted by molar-refractivity contribution is 5.96. The van der Waals surface area contributed by atoms with Crippen molar-refractivity contribution in [1.82, 2.24) is 5.32 Å². The number of anilines is 2. The van der Waals surface area contributed by atoms with E-state index in [0.717, 1.165) is 0 Å². The second kappa shape index (κ2) is 6.10. The van der Waals surface area contributed by atoms with Crippen molar-refractivity contribution in [1.29, 1.82) is 0 Å². The summed E-state index contributed by atoms with van der Waals surface area (Å²) < 4.78 is 5.22. The van der Waals surface area contributed by atoms with E-state index in [4.69, 9.17) is 16.2 Å². The van der Waals surface area contributed by atoms with E-state index in [1.54, 1.807) is 18.2 Å². The molecule has 0 bridgehead atoms. The van der Waals surface area contributed by atoms with Crippen LogP contribution in [0.25, 0.3) is 0 Å². The Kier molecular flexibility index (Phi) is 4.78. The molecule has 0 saturated carbocycles. The molecule has 1 aromatic rings. The van der Waals surface area contributed by atoms with Crippen molar-refractivity contribution < 1.29 is 9.53 Å². The van der Waals surface area contributed by atoms with Crippen LogP contribution in [0.3, 0.4) is 0 Å². The fourth-order valence-electron chi connectivity index (χ4n) is 1.45. The van der Waals surface area contributed by atoms with E-state index in [9.17, 15) is 4.79 Å². The summed E-state index contributed by atoms with van der Waals surface area (Å²) in [5.41, 5.74) is 12.7. The van der Waals surface area contributed by atoms with Crippen LogP contribution in [0.5, 0.6) is 0 Å². The molecule has 5 N–H and O–H groups in total. The Labute approximate surface area is 101 Å². The second-order valence-electron chi connectivity index (χ2n) is 3.92. The van der Waals surface area contributed by atoms with Crippen molar-refractivity contribution in [3.63, 3.8) is 0 Å². The Balaban J connectivity index is 2.63. The second-order valence-corrected chi connectivity index (χ2v) is 3.92. The van der Waals surface area contributed by atoms with Crippen molar-refractivity contribution in [3.05, 3.63) is 23.8 Å². The third-order valence-electron chi connectivity index (χ3n) is 2.19. The van der Waals surface area contributed by atoms with Gasteiger partial charge in [0.05, 0.1) is 6.61 Å². The van der Waals surface area contributed by atoms with Gasteiger partial charge in [0.25, 0.3) is 5.91 Å². The van der Waals surface area contributed by atoms with E-state index in [1.807, 2.05) is 13.8 Å². The zero-order valence-electron chi connectivity index (χ0n) is 10.2. The normalized spacial score (nSPS) is 12.1. The molecule has 0 saturated heterocycles. The molecule has 0 radical (unpaired) electrons. The Morgan fingerprint density at radius 2 is 1.94 bits per heavy atom. The Morgan fingerprint density at radius 3 is 2.47 bits per heavy atom. The average molecular weight is 237 g/mol. The minimum atomic E-state index is -0.198. The molecule has 0 aliphatic rings. The molecule has 0 aliphatic carbocycles. The van der Waals surface area contributed by atoms with E-state index in [1.165, 1.54) is 0 Å². The van der Waals surface area contributed by atoms with Gasteiger partial charge in [-0.15, -0.1) is 0 Å². The van der Waals surface area contributed by atoms with E-state index in [-0.39, 0.29) is 11.9 Å². The predicted octanol–water partition coefficient (Wildman–Crippen LogP) is 1.01. The van der Waals surface area contributed by atoms with Crippen molar-refractivity contribution in [2.45, 2.75) is 19.9 Å². The smallest absolute Gasteiger partial charge is 0.251 e. The summed E-state index contributed by atoms with van der Waals surface area (Å²) in [5, 5.41) is 2.81. The van der Waals surface area contributed by atoms with Crippen LogP contribution in [0.1, 0.15) is 24.2 Å². The number of hydrogen-bond acceptors (Lipinski definition) is 4. The molecule has 5 nitrogen and oxygen atoms in total. The molecule has 1 aromatic carbocycles. The summed E-state index contributed by atoms with van der Waals surface area (Å²) in [6.45, 7) is 4.90. The molecule has 94 valence electrons. The molecule has 0 heterocycles. The number of benzene rings is 1. The highest BCUT2D eigenvalue weighted by Crippen LogP contribution is 2.13. The monoisotopic (exact) mass is 237 g/mol. The number of ether oxygens (including phenoxy) is 1. The average Bonchev–Trinajstić information content (AvgIpc) is 2.25. The number of nitrogen functional groups attached to an aromatic ring is 2. The van der Waals surface area contributed by atoms with Crippen molar-refractivity contribution in [2.24, 2.45) is 0 Å². The lowest BCUT2D eigenvalue weighted by Gasteiger charge is -2.14. The topological polar surface area (TPSA) is 90.4 Å². The number of hydrogen-bond donors (Lipinski definition) is 3. The van der Waals surface area contributed by atoms with Crippen LogP contribution in [-0.4, -0.2) is 25.2 Å². The zero-order valence-corrected chi connectivity index (χ0v) is 10.2. The van der Waals surface area contributed by atoms with Crippen LogP contribution in [-0.2, 0) is 4.74 Å². The van der Waals surface area contributed by atoms with Crippen LogP contribution in [0, 0.1) is 0 Å². The Hall–Kier alpha value is -1.75. The first kappa shape index (κ1) is 13.3. The van der Waals surface area contributed by atoms with Gasteiger partial charge in [-0.3, -0.25) is 4.79 Å². The number of carbonyl (C=O) groups is 1. The summed E-state index contributed by atoms with van der Waals surface area (Å²) in [6, 6.07) is 4.75. The Bertz CT molecular complexity index is 373. The highest BCUT2D eigenvalue weighted by atomic mass is 16.5. The van der Waals surface area contributed by atoms with Crippen LogP contribution in [0.2, 0.25) is 0 Å². The summed E-state index contributed by atoms with van der Waals surface area (Å²) in [4.78, 5) is 11.8. The van der Waals surface area contributed by atoms with E-state index >= 15 is 0 Å². The first-order chi connectivity index (χ1) is 8.02. The first-order valence-corrected chi connectivity index (χ1v) is 5.57. The third kappa shape index (κ3) is 4.32. The number of rotatable bonds is 5. The van der Waals surface area contributed by atoms with Gasteiger partial charge in [-0.2, -0.15) is 0 Å². The van der Waals surface area contributed by atoms with Gasteiger partial charge >= 0.3 is 0 Å². The summed E-state index contributed by atoms with van der Waals surface area (Å²) in [7, 11) is 0. The minimum Gasteiger partial charge on any atom is -0.399 e. The molecule has 0 spiro atoms. The van der Waals surface area contributed by atoms with Gasteiger partial charge in [0.15, 0.2) is 0 Å². The molecule has 5 heteroatoms. The van der Waals surface area contributed by atoms with Crippen LogP contribution < -0.4 is 16.8 Å². The number of nitrogens with one attached hydrogen (secondary N) is 1. The molecule has 1 amide bonds. The lowest BCUT2D eigenvalue weighted by molar-refractivity contribution is 0.0872. The van der Waals surface area contributed by atoms with Crippen LogP contribution >= 0.6 is 0 Å². The molecule has 1 rings (SSSR count). The van der Waals surface area contributed by atoms with Gasteiger partial charge < -0.3 is 21.5 Å². The quantitative estimate of drug-likeness (QED) is 0.666. The van der Waals surface area contributed by atoms with E-state index in [0.29, 0.717) is 30.2 Å². The van der Waals surface area contributed by atoms with E-state index in [2.05, 4.69) is 5.32 Å². The zero-order chi connectivity index (χ0) is 12.8. The third-order valence-corrected chi connectivity index (χ3v) is 2.19. The molecular weight excluding hydrogens is 218 g/mol. The van der Waals surface area contributed by atoms with Crippen LogP contribution in [0.4, 0.5) is 11.4 Å². The van der Waals surface area contributed by atoms with Gasteiger partial charge in [0.1, 0.15) is 0 Å². The largest absolute Gasteiger partial charge is 0.399 e. The molecule has 17 heavy (non-hydrogen) atoms. The molecular formula is C12H19N3O2. The number of carbonyl (C=O) groups excluding carboxylic acids is 1. The van der Waals surface area contributed by atoms with Crippen molar-refractivity contribution in [2.75, 3.05) is 24.7 Å². The van der Waals surface area contributed by atoms with Crippen molar-refractivity contribution in [3.8, 4) is 0 Å².